The Morgan fingerprint density at radius 3 is 2.30 bits per heavy atom. The maximum atomic E-state index is 14.0. The second kappa shape index (κ2) is 6.96. The van der Waals surface area contributed by atoms with Gasteiger partial charge in [0.05, 0.1) is 11.1 Å². The first kappa shape index (κ1) is 18.8. The van der Waals surface area contributed by atoms with E-state index in [9.17, 15) is 17.6 Å². The number of carbonyl (C=O) groups is 1. The second-order valence-corrected chi connectivity index (χ2v) is 8.15. The standard InChI is InChI=1S/C19H17FN2O4S/c1-12-4-5-15(10-18(12)20)17-11-22(26-13(2)23)21-19(17)14-6-8-16(9-7-14)27(3,24)25/h4-11H,1-3H3. The van der Waals surface area contributed by atoms with E-state index < -0.39 is 15.8 Å². The lowest BCUT2D eigenvalue weighted by molar-refractivity contribution is -0.143. The van der Waals surface area contributed by atoms with E-state index in [-0.39, 0.29) is 10.7 Å². The minimum atomic E-state index is -3.33. The third kappa shape index (κ3) is 4.06. The molecule has 0 radical (unpaired) electrons. The molecule has 3 rings (SSSR count). The van der Waals surface area contributed by atoms with Crippen LogP contribution in [0, 0.1) is 12.7 Å². The summed E-state index contributed by atoms with van der Waals surface area (Å²) in [5.41, 5.74) is 2.63. The smallest absolute Gasteiger partial charge is 0.320 e. The molecule has 0 bridgehead atoms. The second-order valence-electron chi connectivity index (χ2n) is 6.14. The molecule has 27 heavy (non-hydrogen) atoms. The highest BCUT2D eigenvalue weighted by Crippen LogP contribution is 2.32. The van der Waals surface area contributed by atoms with Gasteiger partial charge in [-0.05, 0) is 36.2 Å². The quantitative estimate of drug-likeness (QED) is 0.686. The predicted octanol–water partition coefficient (Wildman–Crippen LogP) is 3.04. The van der Waals surface area contributed by atoms with Gasteiger partial charge in [-0.15, -0.1) is 5.10 Å². The zero-order valence-corrected chi connectivity index (χ0v) is 15.7. The van der Waals surface area contributed by atoms with Gasteiger partial charge in [0.2, 0.25) is 0 Å². The summed E-state index contributed by atoms with van der Waals surface area (Å²) in [6.07, 6.45) is 2.60. The molecule has 0 saturated carbocycles. The summed E-state index contributed by atoms with van der Waals surface area (Å²) >= 11 is 0. The van der Waals surface area contributed by atoms with Crippen molar-refractivity contribution in [1.29, 1.82) is 0 Å². The fourth-order valence-electron chi connectivity index (χ4n) is 2.58. The van der Waals surface area contributed by atoms with Crippen LogP contribution in [-0.4, -0.2) is 30.6 Å². The minimum Gasteiger partial charge on any atom is -0.320 e. The monoisotopic (exact) mass is 388 g/mol. The van der Waals surface area contributed by atoms with Crippen molar-refractivity contribution in [1.82, 2.24) is 9.94 Å². The van der Waals surface area contributed by atoms with E-state index in [4.69, 9.17) is 4.84 Å². The maximum absolute atomic E-state index is 14.0. The molecule has 0 spiro atoms. The van der Waals surface area contributed by atoms with Crippen LogP contribution in [0.4, 0.5) is 4.39 Å². The third-order valence-electron chi connectivity index (χ3n) is 3.95. The Bertz CT molecular complexity index is 1120. The summed E-state index contributed by atoms with van der Waals surface area (Å²) in [7, 11) is -3.33. The van der Waals surface area contributed by atoms with Crippen LogP contribution in [0.3, 0.4) is 0 Å². The van der Waals surface area contributed by atoms with Crippen molar-refractivity contribution >= 4 is 15.8 Å². The molecule has 1 aromatic heterocycles. The molecule has 1 heterocycles. The molecule has 6 nitrogen and oxygen atoms in total. The van der Waals surface area contributed by atoms with Crippen molar-refractivity contribution in [2.75, 3.05) is 6.26 Å². The van der Waals surface area contributed by atoms with Crippen molar-refractivity contribution in [2.45, 2.75) is 18.7 Å². The normalized spacial score (nSPS) is 11.4. The van der Waals surface area contributed by atoms with Gasteiger partial charge >= 0.3 is 5.97 Å². The molecule has 0 saturated heterocycles. The Morgan fingerprint density at radius 1 is 1.11 bits per heavy atom. The van der Waals surface area contributed by atoms with Crippen LogP contribution in [0.25, 0.3) is 22.4 Å². The van der Waals surface area contributed by atoms with Crippen LogP contribution in [-0.2, 0) is 14.6 Å². The topological polar surface area (TPSA) is 78.3 Å². The number of halogens is 1. The van der Waals surface area contributed by atoms with Gasteiger partial charge in [-0.25, -0.2) is 17.6 Å². The summed E-state index contributed by atoms with van der Waals surface area (Å²) in [6.45, 7) is 2.90. The fraction of sp³-hybridized carbons (Fsp3) is 0.158. The van der Waals surface area contributed by atoms with Crippen molar-refractivity contribution in [2.24, 2.45) is 0 Å². The average Bonchev–Trinajstić information content (AvgIpc) is 2.99. The Balaban J connectivity index is 2.14. The molecule has 2 aromatic carbocycles. The summed E-state index contributed by atoms with van der Waals surface area (Å²) < 4.78 is 37.3. The number of sulfone groups is 1. The van der Waals surface area contributed by atoms with Gasteiger partial charge in [-0.1, -0.05) is 29.1 Å². The molecule has 3 aromatic rings. The lowest BCUT2D eigenvalue weighted by atomic mass is 10.0. The molecule has 0 fully saturated rings. The molecule has 0 aliphatic carbocycles. The number of benzene rings is 2. The summed E-state index contributed by atoms with van der Waals surface area (Å²) in [5, 5.41) is 4.24. The molecular weight excluding hydrogens is 371 g/mol. The Hall–Kier alpha value is -3.00. The molecule has 8 heteroatoms. The van der Waals surface area contributed by atoms with E-state index in [2.05, 4.69) is 5.10 Å². The third-order valence-corrected chi connectivity index (χ3v) is 5.08. The van der Waals surface area contributed by atoms with Gasteiger partial charge in [0.25, 0.3) is 0 Å². The number of nitrogens with zero attached hydrogens (tertiary/aromatic N) is 2. The van der Waals surface area contributed by atoms with Crippen molar-refractivity contribution in [3.63, 3.8) is 0 Å². The highest BCUT2D eigenvalue weighted by Gasteiger charge is 2.17. The van der Waals surface area contributed by atoms with Crippen LogP contribution in [0.2, 0.25) is 0 Å². The zero-order chi connectivity index (χ0) is 19.8. The summed E-state index contributed by atoms with van der Waals surface area (Å²) in [4.78, 5) is 17.4. The number of aromatic nitrogens is 2. The van der Waals surface area contributed by atoms with Crippen LogP contribution in [0.1, 0.15) is 12.5 Å². The molecule has 0 amide bonds. The highest BCUT2D eigenvalue weighted by molar-refractivity contribution is 7.90. The van der Waals surface area contributed by atoms with Crippen LogP contribution in [0.5, 0.6) is 0 Å². The van der Waals surface area contributed by atoms with Crippen molar-refractivity contribution < 1.29 is 22.4 Å². The molecule has 140 valence electrons. The number of hydrogen-bond acceptors (Lipinski definition) is 5. The summed E-state index contributed by atoms with van der Waals surface area (Å²) in [5.74, 6) is -0.927. The highest BCUT2D eigenvalue weighted by atomic mass is 32.2. The first-order valence-corrected chi connectivity index (χ1v) is 9.90. The molecule has 0 aliphatic heterocycles. The largest absolute Gasteiger partial charge is 0.331 e. The van der Waals surface area contributed by atoms with Gasteiger partial charge in [0.1, 0.15) is 11.5 Å². The van der Waals surface area contributed by atoms with Crippen molar-refractivity contribution in [3.05, 3.63) is 60.0 Å². The van der Waals surface area contributed by atoms with E-state index in [1.165, 1.54) is 31.3 Å². The maximum Gasteiger partial charge on any atom is 0.331 e. The van der Waals surface area contributed by atoms with E-state index >= 15 is 0 Å². The van der Waals surface area contributed by atoms with Crippen LogP contribution >= 0.6 is 0 Å². The molecule has 0 unspecified atom stereocenters. The van der Waals surface area contributed by atoms with E-state index in [0.29, 0.717) is 27.9 Å². The van der Waals surface area contributed by atoms with E-state index in [0.717, 1.165) is 11.1 Å². The molecule has 0 aliphatic rings. The van der Waals surface area contributed by atoms with Gasteiger partial charge in [0.15, 0.2) is 9.84 Å². The van der Waals surface area contributed by atoms with Gasteiger partial charge in [0, 0.05) is 24.3 Å². The minimum absolute atomic E-state index is 0.175. The number of hydrogen-bond donors (Lipinski definition) is 0. The average molecular weight is 388 g/mol. The fourth-order valence-corrected chi connectivity index (χ4v) is 3.21. The summed E-state index contributed by atoms with van der Waals surface area (Å²) in [6, 6.07) is 10.9. The number of carbonyl (C=O) groups excluding carboxylic acids is 1. The Morgan fingerprint density at radius 2 is 1.74 bits per heavy atom. The van der Waals surface area contributed by atoms with Crippen LogP contribution in [0.15, 0.2) is 53.6 Å². The lowest BCUT2D eigenvalue weighted by Gasteiger charge is -2.05. The van der Waals surface area contributed by atoms with Crippen LogP contribution < -0.4 is 4.84 Å². The number of aryl methyl sites for hydroxylation is 1. The van der Waals surface area contributed by atoms with Gasteiger partial charge in [-0.2, -0.15) is 0 Å². The number of rotatable bonds is 4. The zero-order valence-electron chi connectivity index (χ0n) is 14.9. The van der Waals surface area contributed by atoms with E-state index in [1.807, 2.05) is 0 Å². The van der Waals surface area contributed by atoms with Crippen molar-refractivity contribution in [3.8, 4) is 22.4 Å². The Kier molecular flexibility index (Phi) is 4.84. The SMILES string of the molecule is CC(=O)On1cc(-c2ccc(C)c(F)c2)c(-c2ccc(S(C)(=O)=O)cc2)n1. The van der Waals surface area contributed by atoms with Gasteiger partial charge in [-0.3, -0.25) is 0 Å². The first-order chi connectivity index (χ1) is 12.6. The molecular formula is C19H17FN2O4S. The van der Waals surface area contributed by atoms with E-state index in [1.54, 1.807) is 31.2 Å². The molecule has 0 atom stereocenters. The van der Waals surface area contributed by atoms with Gasteiger partial charge < -0.3 is 4.84 Å². The molecule has 0 N–H and O–H groups in total. The predicted molar refractivity (Wildman–Crippen MR) is 98.2 cm³/mol. The first-order valence-electron chi connectivity index (χ1n) is 8.01. The lowest BCUT2D eigenvalue weighted by Crippen LogP contribution is -2.16. The Labute approximate surface area is 156 Å².